The molecule has 92 valence electrons. The van der Waals surface area contributed by atoms with Crippen molar-refractivity contribution in [1.29, 1.82) is 0 Å². The molecule has 0 unspecified atom stereocenters. The van der Waals surface area contributed by atoms with E-state index >= 15 is 0 Å². The first-order valence-corrected chi connectivity index (χ1v) is 5.01. The fourth-order valence-electron chi connectivity index (χ4n) is 1.30. The number of nitrogens with zero attached hydrogens (tertiary/aromatic N) is 2. The highest BCUT2D eigenvalue weighted by Gasteiger charge is 2.18. The number of nitrogen functional groups attached to an aromatic ring is 1. The van der Waals surface area contributed by atoms with Crippen molar-refractivity contribution < 1.29 is 9.72 Å². The summed E-state index contributed by atoms with van der Waals surface area (Å²) < 4.78 is 0. The average molecular weight is 238 g/mol. The van der Waals surface area contributed by atoms with Gasteiger partial charge in [-0.05, 0) is 13.0 Å². The number of non-ortho nitro benzene ring substituents is 1. The Morgan fingerprint density at radius 1 is 1.59 bits per heavy atom. The summed E-state index contributed by atoms with van der Waals surface area (Å²) in [7, 11) is 1.61. The largest absolute Gasteiger partial charge is 0.342 e. The molecule has 1 amide bonds. The SMILES string of the molecule is CCN(C)C(=O)c1cc([N+](=O)[O-])ccc1NN. The van der Waals surface area contributed by atoms with Crippen molar-refractivity contribution >= 4 is 17.3 Å². The Bertz CT molecular complexity index is 447. The molecule has 1 aromatic rings. The molecule has 7 heteroatoms. The fraction of sp³-hybridized carbons (Fsp3) is 0.300. The number of amides is 1. The second-order valence-electron chi connectivity index (χ2n) is 3.45. The van der Waals surface area contributed by atoms with Gasteiger partial charge in [0.15, 0.2) is 0 Å². The van der Waals surface area contributed by atoms with Gasteiger partial charge in [-0.1, -0.05) is 0 Å². The summed E-state index contributed by atoms with van der Waals surface area (Å²) in [6.45, 7) is 2.32. The Morgan fingerprint density at radius 2 is 2.24 bits per heavy atom. The Balaban J connectivity index is 3.23. The summed E-state index contributed by atoms with van der Waals surface area (Å²) in [5.41, 5.74) is 2.76. The molecule has 1 aromatic carbocycles. The second kappa shape index (κ2) is 5.26. The number of hydrogen-bond acceptors (Lipinski definition) is 5. The van der Waals surface area contributed by atoms with E-state index in [1.807, 2.05) is 6.92 Å². The van der Waals surface area contributed by atoms with E-state index in [9.17, 15) is 14.9 Å². The Kier molecular flexibility index (Phi) is 4.00. The van der Waals surface area contributed by atoms with Crippen LogP contribution < -0.4 is 11.3 Å². The minimum Gasteiger partial charge on any atom is -0.342 e. The van der Waals surface area contributed by atoms with Crippen molar-refractivity contribution in [1.82, 2.24) is 4.90 Å². The molecule has 0 aliphatic carbocycles. The van der Waals surface area contributed by atoms with E-state index in [1.165, 1.54) is 23.1 Å². The third-order valence-corrected chi connectivity index (χ3v) is 2.42. The number of carbonyl (C=O) groups is 1. The van der Waals surface area contributed by atoms with Gasteiger partial charge in [0.25, 0.3) is 11.6 Å². The van der Waals surface area contributed by atoms with Crippen LogP contribution in [0.25, 0.3) is 0 Å². The summed E-state index contributed by atoms with van der Waals surface area (Å²) in [4.78, 5) is 23.5. The molecule has 3 N–H and O–H groups in total. The van der Waals surface area contributed by atoms with Crippen LogP contribution in [-0.2, 0) is 0 Å². The normalized spacial score (nSPS) is 9.82. The number of nitrogens with one attached hydrogen (secondary N) is 1. The van der Waals surface area contributed by atoms with Crippen molar-refractivity contribution in [3.05, 3.63) is 33.9 Å². The van der Waals surface area contributed by atoms with E-state index in [0.717, 1.165) is 0 Å². The van der Waals surface area contributed by atoms with Gasteiger partial charge >= 0.3 is 0 Å². The number of nitrogens with two attached hydrogens (primary N) is 1. The standard InChI is InChI=1S/C10H14N4O3/c1-3-13(2)10(15)8-6-7(14(16)17)4-5-9(8)12-11/h4-6,12H,3,11H2,1-2H3. The maximum atomic E-state index is 11.9. The van der Waals surface area contributed by atoms with Crippen LogP contribution in [0.1, 0.15) is 17.3 Å². The van der Waals surface area contributed by atoms with E-state index in [2.05, 4.69) is 5.43 Å². The Hall–Kier alpha value is -2.15. The lowest BCUT2D eigenvalue weighted by Crippen LogP contribution is -2.27. The molecule has 0 spiro atoms. The van der Waals surface area contributed by atoms with Gasteiger partial charge in [-0.25, -0.2) is 0 Å². The zero-order valence-corrected chi connectivity index (χ0v) is 9.64. The summed E-state index contributed by atoms with van der Waals surface area (Å²) >= 11 is 0. The molecule has 0 radical (unpaired) electrons. The zero-order chi connectivity index (χ0) is 13.0. The average Bonchev–Trinajstić information content (AvgIpc) is 2.35. The Labute approximate surface area is 98.3 Å². The van der Waals surface area contributed by atoms with Crippen LogP contribution in [0.15, 0.2) is 18.2 Å². The van der Waals surface area contributed by atoms with Gasteiger partial charge in [0.2, 0.25) is 0 Å². The maximum Gasteiger partial charge on any atom is 0.270 e. The van der Waals surface area contributed by atoms with Crippen molar-refractivity contribution in [2.75, 3.05) is 19.0 Å². The molecule has 0 saturated carbocycles. The van der Waals surface area contributed by atoms with Crippen LogP contribution in [0.3, 0.4) is 0 Å². The van der Waals surface area contributed by atoms with Crippen LogP contribution >= 0.6 is 0 Å². The zero-order valence-electron chi connectivity index (χ0n) is 9.64. The second-order valence-corrected chi connectivity index (χ2v) is 3.45. The lowest BCUT2D eigenvalue weighted by Gasteiger charge is -2.16. The highest BCUT2D eigenvalue weighted by atomic mass is 16.6. The van der Waals surface area contributed by atoms with Crippen molar-refractivity contribution in [3.63, 3.8) is 0 Å². The van der Waals surface area contributed by atoms with Gasteiger partial charge in [-0.3, -0.25) is 20.8 Å². The molecule has 0 aromatic heterocycles. The fourth-order valence-corrected chi connectivity index (χ4v) is 1.30. The summed E-state index contributed by atoms with van der Waals surface area (Å²) in [6.07, 6.45) is 0. The minimum atomic E-state index is -0.553. The number of hydrazine groups is 1. The summed E-state index contributed by atoms with van der Waals surface area (Å²) in [6, 6.07) is 3.91. The van der Waals surface area contributed by atoms with Crippen LogP contribution in [0.2, 0.25) is 0 Å². The van der Waals surface area contributed by atoms with Gasteiger partial charge in [-0.2, -0.15) is 0 Å². The van der Waals surface area contributed by atoms with Gasteiger partial charge in [0.05, 0.1) is 16.2 Å². The smallest absolute Gasteiger partial charge is 0.270 e. The highest BCUT2D eigenvalue weighted by molar-refractivity contribution is 6.00. The first-order valence-electron chi connectivity index (χ1n) is 5.01. The van der Waals surface area contributed by atoms with Gasteiger partial charge in [-0.15, -0.1) is 0 Å². The molecule has 0 saturated heterocycles. The molecule has 1 rings (SSSR count). The van der Waals surface area contributed by atoms with Crippen LogP contribution in [-0.4, -0.2) is 29.3 Å². The lowest BCUT2D eigenvalue weighted by atomic mass is 10.1. The van der Waals surface area contributed by atoms with Gasteiger partial charge < -0.3 is 10.3 Å². The van der Waals surface area contributed by atoms with Crippen molar-refractivity contribution in [3.8, 4) is 0 Å². The predicted octanol–water partition coefficient (Wildman–Crippen LogP) is 0.972. The maximum absolute atomic E-state index is 11.9. The molecule has 0 aliphatic rings. The number of nitro groups is 1. The predicted molar refractivity (Wildman–Crippen MR) is 63.5 cm³/mol. The molecular weight excluding hydrogens is 224 g/mol. The number of nitro benzene ring substituents is 1. The summed E-state index contributed by atoms with van der Waals surface area (Å²) in [5.74, 6) is 4.95. The van der Waals surface area contributed by atoms with E-state index in [-0.39, 0.29) is 17.2 Å². The molecule has 0 aliphatic heterocycles. The molecule has 0 bridgehead atoms. The molecular formula is C10H14N4O3. The first-order chi connectivity index (χ1) is 8.01. The molecule has 0 atom stereocenters. The third kappa shape index (κ3) is 2.70. The number of hydrogen-bond donors (Lipinski definition) is 2. The van der Waals surface area contributed by atoms with Crippen LogP contribution in [0, 0.1) is 10.1 Å². The van der Waals surface area contributed by atoms with E-state index in [4.69, 9.17) is 5.84 Å². The van der Waals surface area contributed by atoms with Gasteiger partial charge in [0.1, 0.15) is 0 Å². The van der Waals surface area contributed by atoms with E-state index < -0.39 is 4.92 Å². The van der Waals surface area contributed by atoms with E-state index in [1.54, 1.807) is 7.05 Å². The third-order valence-electron chi connectivity index (χ3n) is 2.42. The van der Waals surface area contributed by atoms with Crippen LogP contribution in [0.4, 0.5) is 11.4 Å². The first kappa shape index (κ1) is 12.9. The lowest BCUT2D eigenvalue weighted by molar-refractivity contribution is -0.384. The number of benzene rings is 1. The molecule has 0 fully saturated rings. The monoisotopic (exact) mass is 238 g/mol. The quantitative estimate of drug-likeness (QED) is 0.462. The number of carbonyl (C=O) groups excluding carboxylic acids is 1. The Morgan fingerprint density at radius 3 is 2.71 bits per heavy atom. The topological polar surface area (TPSA) is 102 Å². The summed E-state index contributed by atoms with van der Waals surface area (Å²) in [5, 5.41) is 10.6. The number of anilines is 1. The van der Waals surface area contributed by atoms with Crippen LogP contribution in [0.5, 0.6) is 0 Å². The van der Waals surface area contributed by atoms with E-state index in [0.29, 0.717) is 12.2 Å². The molecule has 17 heavy (non-hydrogen) atoms. The highest BCUT2D eigenvalue weighted by Crippen LogP contribution is 2.22. The van der Waals surface area contributed by atoms with Crippen molar-refractivity contribution in [2.24, 2.45) is 5.84 Å². The van der Waals surface area contributed by atoms with Gasteiger partial charge in [0, 0.05) is 25.7 Å². The molecule has 0 heterocycles. The molecule has 7 nitrogen and oxygen atoms in total. The minimum absolute atomic E-state index is 0.142. The van der Waals surface area contributed by atoms with Crippen molar-refractivity contribution in [2.45, 2.75) is 6.92 Å². The number of rotatable bonds is 4.